The van der Waals surface area contributed by atoms with Crippen LogP contribution in [0.2, 0.25) is 0 Å². The van der Waals surface area contributed by atoms with Crippen LogP contribution >= 0.6 is 0 Å². The van der Waals surface area contributed by atoms with Crippen LogP contribution in [0.15, 0.2) is 0 Å². The van der Waals surface area contributed by atoms with Gasteiger partial charge in [0.25, 0.3) is 0 Å². The second kappa shape index (κ2) is 5.37. The molecular formula is C10H15F3N2O2. The van der Waals surface area contributed by atoms with E-state index >= 15 is 0 Å². The van der Waals surface area contributed by atoms with Crippen molar-refractivity contribution in [2.75, 3.05) is 7.05 Å². The summed E-state index contributed by atoms with van der Waals surface area (Å²) in [7, 11) is 1.41. The largest absolute Gasteiger partial charge is 0.471 e. The Morgan fingerprint density at radius 1 is 1.18 bits per heavy atom. The number of carbonyl (C=O) groups excluding carboxylic acids is 2. The third kappa shape index (κ3) is 3.90. The third-order valence-electron chi connectivity index (χ3n) is 2.92. The van der Waals surface area contributed by atoms with Gasteiger partial charge in [0, 0.05) is 13.1 Å². The van der Waals surface area contributed by atoms with Crippen molar-refractivity contribution in [1.29, 1.82) is 0 Å². The molecule has 17 heavy (non-hydrogen) atoms. The summed E-state index contributed by atoms with van der Waals surface area (Å²) in [4.78, 5) is 23.2. The number of urea groups is 1. The number of nitrogens with one attached hydrogen (secondary N) is 1. The average molecular weight is 252 g/mol. The molecule has 1 aliphatic rings. The van der Waals surface area contributed by atoms with Crippen molar-refractivity contribution in [3.8, 4) is 0 Å². The molecule has 0 aliphatic heterocycles. The molecule has 0 bridgehead atoms. The summed E-state index contributed by atoms with van der Waals surface area (Å²) in [5.41, 5.74) is 0. The van der Waals surface area contributed by atoms with E-state index in [9.17, 15) is 22.8 Å². The Hall–Kier alpha value is -1.27. The monoisotopic (exact) mass is 252 g/mol. The second-order valence-electron chi connectivity index (χ2n) is 4.16. The lowest BCUT2D eigenvalue weighted by Crippen LogP contribution is -2.49. The summed E-state index contributed by atoms with van der Waals surface area (Å²) in [6, 6.07) is -1.07. The number of nitrogens with zero attached hydrogens (tertiary/aromatic N) is 1. The predicted octanol–water partition coefficient (Wildman–Crippen LogP) is 2.05. The fourth-order valence-corrected chi connectivity index (χ4v) is 1.89. The molecule has 0 aromatic rings. The maximum absolute atomic E-state index is 11.9. The van der Waals surface area contributed by atoms with Crippen molar-refractivity contribution in [3.05, 3.63) is 0 Å². The number of carbonyl (C=O) groups is 2. The maximum Gasteiger partial charge on any atom is 0.471 e. The van der Waals surface area contributed by atoms with Gasteiger partial charge in [0.05, 0.1) is 0 Å². The molecule has 0 unspecified atom stereocenters. The van der Waals surface area contributed by atoms with Crippen molar-refractivity contribution < 1.29 is 22.8 Å². The van der Waals surface area contributed by atoms with Crippen LogP contribution < -0.4 is 5.32 Å². The summed E-state index contributed by atoms with van der Waals surface area (Å²) in [6.07, 6.45) is -0.504. The van der Waals surface area contributed by atoms with Gasteiger partial charge in [-0.15, -0.1) is 0 Å². The molecule has 1 rings (SSSR count). The number of amides is 3. The molecule has 3 amide bonds. The lowest BCUT2D eigenvalue weighted by Gasteiger charge is -2.31. The zero-order valence-electron chi connectivity index (χ0n) is 9.51. The first-order valence-corrected chi connectivity index (χ1v) is 5.47. The van der Waals surface area contributed by atoms with Crippen molar-refractivity contribution in [3.63, 3.8) is 0 Å². The summed E-state index contributed by atoms with van der Waals surface area (Å²) in [5.74, 6) is -2.22. The highest BCUT2D eigenvalue weighted by atomic mass is 19.4. The van der Waals surface area contributed by atoms with Gasteiger partial charge in [0.2, 0.25) is 0 Å². The van der Waals surface area contributed by atoms with Crippen LogP contribution in [-0.4, -0.2) is 36.1 Å². The molecule has 0 aromatic carbocycles. The van der Waals surface area contributed by atoms with E-state index in [0.29, 0.717) is 0 Å². The molecule has 1 fully saturated rings. The van der Waals surface area contributed by atoms with Crippen LogP contribution in [0.4, 0.5) is 18.0 Å². The molecule has 1 N–H and O–H groups in total. The topological polar surface area (TPSA) is 49.4 Å². The SMILES string of the molecule is CN(C(=O)NC(=O)C(F)(F)F)C1CCCCC1. The minimum Gasteiger partial charge on any atom is -0.325 e. The Balaban J connectivity index is 2.49. The Kier molecular flexibility index (Phi) is 4.36. The van der Waals surface area contributed by atoms with Crippen LogP contribution in [0.3, 0.4) is 0 Å². The first kappa shape index (κ1) is 13.8. The number of halogens is 3. The van der Waals surface area contributed by atoms with Gasteiger partial charge in [-0.25, -0.2) is 4.79 Å². The Morgan fingerprint density at radius 3 is 2.18 bits per heavy atom. The maximum atomic E-state index is 11.9. The smallest absolute Gasteiger partial charge is 0.325 e. The van der Waals surface area contributed by atoms with E-state index in [0.717, 1.165) is 32.1 Å². The molecule has 4 nitrogen and oxygen atoms in total. The van der Waals surface area contributed by atoms with E-state index in [1.54, 1.807) is 0 Å². The molecule has 1 saturated carbocycles. The van der Waals surface area contributed by atoms with Crippen molar-refractivity contribution in [1.82, 2.24) is 10.2 Å². The zero-order valence-corrected chi connectivity index (χ0v) is 9.51. The standard InChI is InChI=1S/C10H15F3N2O2/c1-15(7-5-3-2-4-6-7)9(17)14-8(16)10(11,12)13/h7H,2-6H2,1H3,(H,14,16,17). The fourth-order valence-electron chi connectivity index (χ4n) is 1.89. The van der Waals surface area contributed by atoms with Crippen molar-refractivity contribution >= 4 is 11.9 Å². The van der Waals surface area contributed by atoms with Gasteiger partial charge < -0.3 is 4.90 Å². The highest BCUT2D eigenvalue weighted by Gasteiger charge is 2.40. The minimum absolute atomic E-state index is 0.0789. The molecule has 1 aliphatic carbocycles. The van der Waals surface area contributed by atoms with Crippen LogP contribution in [0, 0.1) is 0 Å². The molecule has 0 atom stereocenters. The van der Waals surface area contributed by atoms with Gasteiger partial charge in [0.15, 0.2) is 0 Å². The highest BCUT2D eigenvalue weighted by molar-refractivity contribution is 5.97. The minimum atomic E-state index is -5.02. The Labute approximate surface area is 97.1 Å². The Bertz CT molecular complexity index is 298. The molecular weight excluding hydrogens is 237 g/mol. The van der Waals surface area contributed by atoms with E-state index in [1.165, 1.54) is 17.3 Å². The predicted molar refractivity (Wildman–Crippen MR) is 54.2 cm³/mol. The first-order chi connectivity index (χ1) is 7.82. The van der Waals surface area contributed by atoms with Gasteiger partial charge in [0.1, 0.15) is 0 Å². The molecule has 0 radical (unpaired) electrons. The van der Waals surface area contributed by atoms with Gasteiger partial charge in [-0.3, -0.25) is 10.1 Å². The number of hydrogen-bond donors (Lipinski definition) is 1. The van der Waals surface area contributed by atoms with Crippen LogP contribution in [-0.2, 0) is 4.79 Å². The van der Waals surface area contributed by atoms with Gasteiger partial charge in [-0.1, -0.05) is 19.3 Å². The second-order valence-corrected chi connectivity index (χ2v) is 4.16. The Morgan fingerprint density at radius 2 is 1.71 bits per heavy atom. The van der Waals surface area contributed by atoms with E-state index in [2.05, 4.69) is 0 Å². The highest BCUT2D eigenvalue weighted by Crippen LogP contribution is 2.22. The van der Waals surface area contributed by atoms with E-state index in [4.69, 9.17) is 0 Å². The number of imide groups is 1. The average Bonchev–Trinajstić information content (AvgIpc) is 2.27. The summed E-state index contributed by atoms with van der Waals surface area (Å²) >= 11 is 0. The summed E-state index contributed by atoms with van der Waals surface area (Å²) in [5, 5.41) is 1.34. The molecule has 0 spiro atoms. The lowest BCUT2D eigenvalue weighted by molar-refractivity contribution is -0.172. The summed E-state index contributed by atoms with van der Waals surface area (Å²) in [6.45, 7) is 0. The number of rotatable bonds is 1. The van der Waals surface area contributed by atoms with Crippen LogP contribution in [0.25, 0.3) is 0 Å². The number of alkyl halides is 3. The molecule has 0 aromatic heterocycles. The normalized spacial score (nSPS) is 17.6. The van der Waals surface area contributed by atoms with E-state index < -0.39 is 18.1 Å². The van der Waals surface area contributed by atoms with Crippen LogP contribution in [0.5, 0.6) is 0 Å². The van der Waals surface area contributed by atoms with Gasteiger partial charge >= 0.3 is 18.1 Å². The van der Waals surface area contributed by atoms with E-state index in [-0.39, 0.29) is 6.04 Å². The van der Waals surface area contributed by atoms with Gasteiger partial charge in [-0.05, 0) is 12.8 Å². The fraction of sp³-hybridized carbons (Fsp3) is 0.800. The van der Waals surface area contributed by atoms with Crippen LogP contribution in [0.1, 0.15) is 32.1 Å². The molecule has 7 heteroatoms. The van der Waals surface area contributed by atoms with Crippen molar-refractivity contribution in [2.24, 2.45) is 0 Å². The summed E-state index contributed by atoms with van der Waals surface area (Å²) < 4.78 is 35.8. The quantitative estimate of drug-likeness (QED) is 0.776. The molecule has 0 saturated heterocycles. The number of hydrogen-bond acceptors (Lipinski definition) is 2. The first-order valence-electron chi connectivity index (χ1n) is 5.47. The third-order valence-corrected chi connectivity index (χ3v) is 2.92. The lowest BCUT2D eigenvalue weighted by atomic mass is 9.95. The zero-order chi connectivity index (χ0) is 13.1. The van der Waals surface area contributed by atoms with E-state index in [1.807, 2.05) is 0 Å². The molecule has 0 heterocycles. The molecule has 98 valence electrons. The van der Waals surface area contributed by atoms with Crippen molar-refractivity contribution in [2.45, 2.75) is 44.3 Å². The van der Waals surface area contributed by atoms with Gasteiger partial charge in [-0.2, -0.15) is 13.2 Å².